The SMILES string of the molecule is CCCCOc1ccc(SCC2COC(CCc3ccc(Cl)cc3)(Cn3ccnc3)O2)cc1. The highest BCUT2D eigenvalue weighted by Gasteiger charge is 2.41. The van der Waals surface area contributed by atoms with Crippen LogP contribution in [0.3, 0.4) is 0 Å². The predicted molar refractivity (Wildman–Crippen MR) is 133 cm³/mol. The third-order valence-electron chi connectivity index (χ3n) is 5.63. The fourth-order valence-corrected chi connectivity index (χ4v) is 4.79. The number of unbranched alkanes of at least 4 members (excludes halogenated alkanes) is 1. The van der Waals surface area contributed by atoms with Crippen molar-refractivity contribution >= 4 is 23.4 Å². The topological polar surface area (TPSA) is 45.5 Å². The molecule has 2 atom stereocenters. The molecule has 0 amide bonds. The Morgan fingerprint density at radius 1 is 1.18 bits per heavy atom. The second-order valence-electron chi connectivity index (χ2n) is 8.31. The number of benzene rings is 2. The van der Waals surface area contributed by atoms with Crippen LogP contribution in [0.5, 0.6) is 5.75 Å². The standard InChI is InChI=1S/C26H31ClN2O3S/c1-2-3-16-30-23-8-10-25(11-9-23)33-18-24-17-31-26(32-24,19-29-15-14-28-20-29)13-12-21-4-6-22(27)7-5-21/h4-11,14-15,20,24H,2-3,12-13,16-19H2,1H3. The lowest BCUT2D eigenvalue weighted by molar-refractivity contribution is -0.180. The van der Waals surface area contributed by atoms with Crippen molar-refractivity contribution in [3.63, 3.8) is 0 Å². The first-order chi connectivity index (χ1) is 16.1. The van der Waals surface area contributed by atoms with Crippen LogP contribution in [0.1, 0.15) is 31.7 Å². The second-order valence-corrected chi connectivity index (χ2v) is 9.84. The molecule has 0 spiro atoms. The van der Waals surface area contributed by atoms with E-state index in [9.17, 15) is 0 Å². The average molecular weight is 487 g/mol. The summed E-state index contributed by atoms with van der Waals surface area (Å²) >= 11 is 7.82. The van der Waals surface area contributed by atoms with Crippen LogP contribution >= 0.6 is 23.4 Å². The summed E-state index contributed by atoms with van der Waals surface area (Å²) in [5.74, 6) is 1.10. The summed E-state index contributed by atoms with van der Waals surface area (Å²) in [6.45, 7) is 4.14. The van der Waals surface area contributed by atoms with E-state index in [4.69, 9.17) is 25.8 Å². The van der Waals surface area contributed by atoms with E-state index in [0.717, 1.165) is 48.8 Å². The molecule has 1 aliphatic heterocycles. The van der Waals surface area contributed by atoms with Crippen molar-refractivity contribution in [1.82, 2.24) is 9.55 Å². The van der Waals surface area contributed by atoms with Gasteiger partial charge in [-0.05, 0) is 54.8 Å². The maximum absolute atomic E-state index is 6.54. The van der Waals surface area contributed by atoms with Gasteiger partial charge in [-0.3, -0.25) is 0 Å². The van der Waals surface area contributed by atoms with Crippen LogP contribution in [0.25, 0.3) is 0 Å². The predicted octanol–water partition coefficient (Wildman–Crippen LogP) is 6.25. The average Bonchev–Trinajstić information content (AvgIpc) is 3.49. The number of aromatic nitrogens is 2. The first kappa shape index (κ1) is 24.1. The fraction of sp³-hybridized carbons (Fsp3) is 0.423. The van der Waals surface area contributed by atoms with Gasteiger partial charge in [0.2, 0.25) is 0 Å². The summed E-state index contributed by atoms with van der Waals surface area (Å²) in [5.41, 5.74) is 1.22. The minimum Gasteiger partial charge on any atom is -0.494 e. The number of thioether (sulfide) groups is 1. The van der Waals surface area contributed by atoms with Crippen molar-refractivity contribution in [3.8, 4) is 5.75 Å². The maximum atomic E-state index is 6.54. The van der Waals surface area contributed by atoms with Crippen LogP contribution in [-0.4, -0.2) is 40.4 Å². The number of halogens is 1. The van der Waals surface area contributed by atoms with Gasteiger partial charge in [0.05, 0.1) is 32.2 Å². The minimum atomic E-state index is -0.664. The molecule has 0 radical (unpaired) electrons. The molecular formula is C26H31ClN2O3S. The molecule has 4 rings (SSSR count). The zero-order valence-corrected chi connectivity index (χ0v) is 20.6. The Morgan fingerprint density at radius 3 is 2.73 bits per heavy atom. The van der Waals surface area contributed by atoms with Crippen LogP contribution in [-0.2, 0) is 22.4 Å². The quantitative estimate of drug-likeness (QED) is 0.223. The highest BCUT2D eigenvalue weighted by molar-refractivity contribution is 7.99. The number of hydrogen-bond acceptors (Lipinski definition) is 5. The number of nitrogens with zero attached hydrogens (tertiary/aromatic N) is 2. The van der Waals surface area contributed by atoms with Gasteiger partial charge in [0.1, 0.15) is 5.75 Å². The van der Waals surface area contributed by atoms with Gasteiger partial charge in [-0.1, -0.05) is 37.1 Å². The van der Waals surface area contributed by atoms with Crippen LogP contribution in [0.2, 0.25) is 5.02 Å². The van der Waals surface area contributed by atoms with Crippen LogP contribution in [0.15, 0.2) is 72.1 Å². The van der Waals surface area contributed by atoms with Crippen molar-refractivity contribution in [2.24, 2.45) is 0 Å². The molecule has 2 aromatic carbocycles. The molecule has 176 valence electrons. The van der Waals surface area contributed by atoms with E-state index in [1.54, 1.807) is 18.0 Å². The van der Waals surface area contributed by atoms with E-state index in [0.29, 0.717) is 13.2 Å². The summed E-state index contributed by atoms with van der Waals surface area (Å²) in [6.07, 6.45) is 9.40. The Kier molecular flexibility index (Phi) is 8.73. The molecule has 3 aromatic rings. The van der Waals surface area contributed by atoms with Crippen molar-refractivity contribution in [2.75, 3.05) is 19.0 Å². The zero-order chi connectivity index (χ0) is 22.9. The second kappa shape index (κ2) is 11.9. The normalized spacial score (nSPS) is 20.2. The molecule has 2 heterocycles. The summed E-state index contributed by atoms with van der Waals surface area (Å²) in [7, 11) is 0. The largest absolute Gasteiger partial charge is 0.494 e. The van der Waals surface area contributed by atoms with Gasteiger partial charge in [0.15, 0.2) is 5.79 Å². The van der Waals surface area contributed by atoms with Gasteiger partial charge in [-0.15, -0.1) is 11.8 Å². The Balaban J connectivity index is 1.33. The Bertz CT molecular complexity index is 966. The van der Waals surface area contributed by atoms with Crippen LogP contribution in [0, 0.1) is 0 Å². The highest BCUT2D eigenvalue weighted by Crippen LogP contribution is 2.33. The van der Waals surface area contributed by atoms with E-state index in [-0.39, 0.29) is 6.10 Å². The molecule has 2 unspecified atom stereocenters. The monoisotopic (exact) mass is 486 g/mol. The molecule has 0 bridgehead atoms. The van der Waals surface area contributed by atoms with Gasteiger partial charge < -0.3 is 18.8 Å². The lowest BCUT2D eigenvalue weighted by Gasteiger charge is -2.28. The number of hydrogen-bond donors (Lipinski definition) is 0. The van der Waals surface area contributed by atoms with Crippen LogP contribution < -0.4 is 4.74 Å². The first-order valence-corrected chi connectivity index (χ1v) is 12.9. The van der Waals surface area contributed by atoms with Crippen LogP contribution in [0.4, 0.5) is 0 Å². The Labute approximate surface area is 205 Å². The van der Waals surface area contributed by atoms with Crippen molar-refractivity contribution < 1.29 is 14.2 Å². The van der Waals surface area contributed by atoms with E-state index >= 15 is 0 Å². The van der Waals surface area contributed by atoms with E-state index < -0.39 is 5.79 Å². The van der Waals surface area contributed by atoms with Crippen molar-refractivity contribution in [2.45, 2.75) is 55.9 Å². The molecular weight excluding hydrogens is 456 g/mol. The van der Waals surface area contributed by atoms with Crippen molar-refractivity contribution in [1.29, 1.82) is 0 Å². The van der Waals surface area contributed by atoms with Gasteiger partial charge in [-0.2, -0.15) is 0 Å². The van der Waals surface area contributed by atoms with Gasteiger partial charge in [0.25, 0.3) is 0 Å². The molecule has 5 nitrogen and oxygen atoms in total. The number of imidazole rings is 1. The molecule has 0 aliphatic carbocycles. The number of rotatable bonds is 12. The lowest BCUT2D eigenvalue weighted by atomic mass is 10.0. The fourth-order valence-electron chi connectivity index (χ4n) is 3.79. The maximum Gasteiger partial charge on any atom is 0.187 e. The zero-order valence-electron chi connectivity index (χ0n) is 19.0. The first-order valence-electron chi connectivity index (χ1n) is 11.5. The summed E-state index contributed by atoms with van der Waals surface area (Å²) in [6, 6.07) is 16.3. The molecule has 1 fully saturated rings. The molecule has 33 heavy (non-hydrogen) atoms. The summed E-state index contributed by atoms with van der Waals surface area (Å²) in [4.78, 5) is 5.38. The third-order valence-corrected chi connectivity index (χ3v) is 7.03. The third kappa shape index (κ3) is 7.24. The summed E-state index contributed by atoms with van der Waals surface area (Å²) < 4.78 is 20.6. The van der Waals surface area contributed by atoms with E-state index in [1.807, 2.05) is 41.4 Å². The van der Waals surface area contributed by atoms with Crippen molar-refractivity contribution in [3.05, 3.63) is 77.8 Å². The van der Waals surface area contributed by atoms with Gasteiger partial charge in [-0.25, -0.2) is 4.98 Å². The lowest BCUT2D eigenvalue weighted by Crippen LogP contribution is -2.37. The summed E-state index contributed by atoms with van der Waals surface area (Å²) in [5, 5.41) is 0.748. The smallest absolute Gasteiger partial charge is 0.187 e. The molecule has 1 aromatic heterocycles. The molecule has 0 saturated carbocycles. The number of aryl methyl sites for hydroxylation is 1. The molecule has 7 heteroatoms. The highest BCUT2D eigenvalue weighted by atomic mass is 35.5. The molecule has 1 saturated heterocycles. The minimum absolute atomic E-state index is 0.0317. The van der Waals surface area contributed by atoms with E-state index in [2.05, 4.69) is 36.2 Å². The molecule has 0 N–H and O–H groups in total. The Hall–Kier alpha value is -1.99. The molecule has 1 aliphatic rings. The van der Waals surface area contributed by atoms with Gasteiger partial charge in [0, 0.05) is 34.5 Å². The number of ether oxygens (including phenoxy) is 3. The van der Waals surface area contributed by atoms with E-state index in [1.165, 1.54) is 10.5 Å². The van der Waals surface area contributed by atoms with Gasteiger partial charge >= 0.3 is 0 Å². The Morgan fingerprint density at radius 2 is 2.00 bits per heavy atom.